The number of halogens is 1. The number of benzene rings is 2. The topological polar surface area (TPSA) is 92.3 Å². The van der Waals surface area contributed by atoms with E-state index in [9.17, 15) is 13.2 Å². The number of hydrogen-bond donors (Lipinski definition) is 1. The van der Waals surface area contributed by atoms with Crippen LogP contribution in [0.2, 0.25) is 5.02 Å². The molecular weight excluding hydrogens is 420 g/mol. The molecule has 3 rings (SSSR count). The normalized spacial score (nSPS) is 11.6. The SMILES string of the molecule is Cc1ccc(CN(C)S(=O)(=O)c2nnc(NC(=O)c3ccc(Cl)cc3)s2)cc1. The summed E-state index contributed by atoms with van der Waals surface area (Å²) < 4.78 is 26.4. The number of carbonyl (C=O) groups excluding carboxylic acids is 1. The molecule has 0 radical (unpaired) electrons. The number of nitrogens with one attached hydrogen (secondary N) is 1. The van der Waals surface area contributed by atoms with Crippen molar-refractivity contribution in [3.8, 4) is 0 Å². The van der Waals surface area contributed by atoms with Gasteiger partial charge in [0.2, 0.25) is 9.47 Å². The molecule has 0 saturated carbocycles. The van der Waals surface area contributed by atoms with E-state index in [0.29, 0.717) is 10.6 Å². The van der Waals surface area contributed by atoms with Crippen molar-refractivity contribution in [2.45, 2.75) is 17.8 Å². The van der Waals surface area contributed by atoms with Gasteiger partial charge in [-0.15, -0.1) is 10.2 Å². The van der Waals surface area contributed by atoms with Crippen LogP contribution in [0, 0.1) is 6.92 Å². The minimum Gasteiger partial charge on any atom is -0.296 e. The molecule has 0 aliphatic carbocycles. The lowest BCUT2D eigenvalue weighted by Crippen LogP contribution is -2.26. The zero-order valence-corrected chi connectivity index (χ0v) is 17.5. The van der Waals surface area contributed by atoms with Crippen LogP contribution in [0.15, 0.2) is 52.9 Å². The average Bonchev–Trinajstić information content (AvgIpc) is 3.13. The first-order chi connectivity index (χ1) is 13.3. The lowest BCUT2D eigenvalue weighted by atomic mass is 10.1. The number of nitrogens with zero attached hydrogens (tertiary/aromatic N) is 3. The van der Waals surface area contributed by atoms with Crippen molar-refractivity contribution in [3.63, 3.8) is 0 Å². The van der Waals surface area contributed by atoms with Crippen LogP contribution in [-0.2, 0) is 16.6 Å². The lowest BCUT2D eigenvalue weighted by Gasteiger charge is -2.15. The molecule has 0 bridgehead atoms. The number of sulfonamides is 1. The Morgan fingerprint density at radius 1 is 1.11 bits per heavy atom. The van der Waals surface area contributed by atoms with Crippen molar-refractivity contribution < 1.29 is 13.2 Å². The second-order valence-electron chi connectivity index (χ2n) is 6.08. The van der Waals surface area contributed by atoms with Crippen LogP contribution in [0.3, 0.4) is 0 Å². The van der Waals surface area contributed by atoms with E-state index >= 15 is 0 Å². The minimum atomic E-state index is -3.82. The number of aryl methyl sites for hydroxylation is 1. The second kappa shape index (κ2) is 8.36. The van der Waals surface area contributed by atoms with E-state index in [1.165, 1.54) is 11.4 Å². The van der Waals surface area contributed by atoms with Crippen LogP contribution >= 0.6 is 22.9 Å². The van der Waals surface area contributed by atoms with Crippen LogP contribution in [0.1, 0.15) is 21.5 Å². The van der Waals surface area contributed by atoms with E-state index < -0.39 is 15.9 Å². The van der Waals surface area contributed by atoms with E-state index in [0.717, 1.165) is 22.5 Å². The Morgan fingerprint density at radius 3 is 2.39 bits per heavy atom. The summed E-state index contributed by atoms with van der Waals surface area (Å²) in [7, 11) is -2.35. The third-order valence-corrected chi connectivity index (χ3v) is 7.13. The molecule has 1 aromatic heterocycles. The van der Waals surface area contributed by atoms with Gasteiger partial charge in [-0.25, -0.2) is 8.42 Å². The highest BCUT2D eigenvalue weighted by Gasteiger charge is 2.26. The van der Waals surface area contributed by atoms with Gasteiger partial charge in [0, 0.05) is 24.2 Å². The molecule has 0 fully saturated rings. The van der Waals surface area contributed by atoms with Gasteiger partial charge in [0.05, 0.1) is 0 Å². The molecule has 1 N–H and O–H groups in total. The molecule has 0 aliphatic heterocycles. The van der Waals surface area contributed by atoms with E-state index in [2.05, 4.69) is 15.5 Å². The highest BCUT2D eigenvalue weighted by atomic mass is 35.5. The molecule has 146 valence electrons. The average molecular weight is 437 g/mol. The smallest absolute Gasteiger partial charge is 0.272 e. The molecule has 0 unspecified atom stereocenters. The highest BCUT2D eigenvalue weighted by Crippen LogP contribution is 2.24. The summed E-state index contributed by atoms with van der Waals surface area (Å²) in [6, 6.07) is 13.9. The monoisotopic (exact) mass is 436 g/mol. The quantitative estimate of drug-likeness (QED) is 0.596. The summed E-state index contributed by atoms with van der Waals surface area (Å²) in [5, 5.41) is 10.7. The zero-order chi connectivity index (χ0) is 20.3. The number of aromatic nitrogens is 2. The van der Waals surface area contributed by atoms with Gasteiger partial charge < -0.3 is 0 Å². The number of anilines is 1. The van der Waals surface area contributed by atoms with Crippen molar-refractivity contribution in [1.29, 1.82) is 0 Å². The van der Waals surface area contributed by atoms with E-state index in [1.807, 2.05) is 31.2 Å². The molecule has 1 amide bonds. The van der Waals surface area contributed by atoms with Gasteiger partial charge >= 0.3 is 0 Å². The second-order valence-corrected chi connectivity index (χ2v) is 9.71. The summed E-state index contributed by atoms with van der Waals surface area (Å²) in [5.74, 6) is -0.426. The summed E-state index contributed by atoms with van der Waals surface area (Å²) in [5.41, 5.74) is 2.33. The van der Waals surface area contributed by atoms with Crippen molar-refractivity contribution >= 4 is 44.0 Å². The Labute approximate surface area is 172 Å². The Bertz CT molecular complexity index is 1080. The van der Waals surface area contributed by atoms with Crippen molar-refractivity contribution in [3.05, 3.63) is 70.2 Å². The summed E-state index contributed by atoms with van der Waals surface area (Å²) >= 11 is 6.60. The zero-order valence-electron chi connectivity index (χ0n) is 15.1. The molecular formula is C18H17ClN4O3S2. The van der Waals surface area contributed by atoms with E-state index in [1.54, 1.807) is 24.3 Å². The van der Waals surface area contributed by atoms with E-state index in [4.69, 9.17) is 11.6 Å². The van der Waals surface area contributed by atoms with Gasteiger partial charge in [-0.1, -0.05) is 52.8 Å². The van der Waals surface area contributed by atoms with Gasteiger partial charge in [-0.3, -0.25) is 10.1 Å². The molecule has 10 heteroatoms. The van der Waals surface area contributed by atoms with Crippen LogP contribution in [-0.4, -0.2) is 35.9 Å². The van der Waals surface area contributed by atoms with Gasteiger partial charge in [-0.2, -0.15) is 4.31 Å². The van der Waals surface area contributed by atoms with E-state index in [-0.39, 0.29) is 16.0 Å². The fourth-order valence-corrected chi connectivity index (χ4v) is 4.67. The number of carbonyl (C=O) groups is 1. The fourth-order valence-electron chi connectivity index (χ4n) is 2.30. The van der Waals surface area contributed by atoms with Crippen LogP contribution in [0.4, 0.5) is 5.13 Å². The molecule has 0 saturated heterocycles. The maximum atomic E-state index is 12.7. The lowest BCUT2D eigenvalue weighted by molar-refractivity contribution is 0.102. The largest absolute Gasteiger partial charge is 0.296 e. The number of hydrogen-bond acceptors (Lipinski definition) is 6. The van der Waals surface area contributed by atoms with Crippen LogP contribution < -0.4 is 5.32 Å². The third kappa shape index (κ3) is 4.74. The summed E-state index contributed by atoms with van der Waals surface area (Å²) in [6.07, 6.45) is 0. The van der Waals surface area contributed by atoms with Crippen molar-refractivity contribution in [2.75, 3.05) is 12.4 Å². The molecule has 1 heterocycles. The standard InChI is InChI=1S/C18H17ClN4O3S2/c1-12-3-5-13(6-4-12)11-23(2)28(25,26)18-22-21-17(27-18)20-16(24)14-7-9-15(19)10-8-14/h3-10H,11H2,1-2H3,(H,20,21,24). The molecule has 0 aliphatic rings. The highest BCUT2D eigenvalue weighted by molar-refractivity contribution is 7.91. The molecule has 0 spiro atoms. The van der Waals surface area contributed by atoms with Crippen molar-refractivity contribution in [2.24, 2.45) is 0 Å². The first-order valence-electron chi connectivity index (χ1n) is 8.18. The third-order valence-electron chi connectivity index (χ3n) is 3.89. The predicted molar refractivity (Wildman–Crippen MR) is 109 cm³/mol. The number of rotatable bonds is 6. The first-order valence-corrected chi connectivity index (χ1v) is 10.8. The summed E-state index contributed by atoms with van der Waals surface area (Å²) in [4.78, 5) is 12.2. The summed E-state index contributed by atoms with van der Waals surface area (Å²) in [6.45, 7) is 2.17. The molecule has 28 heavy (non-hydrogen) atoms. The Kier molecular flexibility index (Phi) is 6.09. The molecule has 0 atom stereocenters. The molecule has 3 aromatic rings. The van der Waals surface area contributed by atoms with Gasteiger partial charge in [0.15, 0.2) is 0 Å². The number of amides is 1. The van der Waals surface area contributed by atoms with Gasteiger partial charge in [-0.05, 0) is 36.8 Å². The van der Waals surface area contributed by atoms with Gasteiger partial charge in [0.25, 0.3) is 15.9 Å². The Morgan fingerprint density at radius 2 is 1.75 bits per heavy atom. The maximum Gasteiger partial charge on any atom is 0.272 e. The molecule has 7 nitrogen and oxygen atoms in total. The Hall–Kier alpha value is -2.33. The van der Waals surface area contributed by atoms with Crippen LogP contribution in [0.25, 0.3) is 0 Å². The van der Waals surface area contributed by atoms with Gasteiger partial charge in [0.1, 0.15) is 0 Å². The van der Waals surface area contributed by atoms with Crippen LogP contribution in [0.5, 0.6) is 0 Å². The first kappa shape index (κ1) is 20.4. The fraction of sp³-hybridized carbons (Fsp3) is 0.167. The Balaban J connectivity index is 1.71. The molecule has 2 aromatic carbocycles. The van der Waals surface area contributed by atoms with Crippen molar-refractivity contribution in [1.82, 2.24) is 14.5 Å². The minimum absolute atomic E-state index is 0.0993. The maximum absolute atomic E-state index is 12.7. The predicted octanol–water partition coefficient (Wildman–Crippen LogP) is 3.57.